The Morgan fingerprint density at radius 3 is 2.48 bits per heavy atom. The van der Waals surface area contributed by atoms with E-state index in [0.717, 1.165) is 23.3 Å². The van der Waals surface area contributed by atoms with E-state index in [2.05, 4.69) is 18.3 Å². The topological polar surface area (TPSA) is 38.3 Å². The molecule has 122 valence electrons. The Morgan fingerprint density at radius 1 is 1.13 bits per heavy atom. The van der Waals surface area contributed by atoms with Crippen molar-refractivity contribution in [3.8, 4) is 5.75 Å². The van der Waals surface area contributed by atoms with Gasteiger partial charge in [0.05, 0.1) is 12.5 Å². The summed E-state index contributed by atoms with van der Waals surface area (Å²) in [7, 11) is 1.67. The molecule has 0 saturated heterocycles. The Balaban J connectivity index is 1.99. The van der Waals surface area contributed by atoms with Gasteiger partial charge in [0.25, 0.3) is 0 Å². The fraction of sp³-hybridized carbons (Fsp3) is 0.350. The minimum atomic E-state index is -0.544. The molecule has 1 N–H and O–H groups in total. The van der Waals surface area contributed by atoms with Crippen LogP contribution >= 0.6 is 0 Å². The molecule has 0 bridgehead atoms. The van der Waals surface area contributed by atoms with E-state index >= 15 is 0 Å². The predicted molar refractivity (Wildman–Crippen MR) is 93.9 cm³/mol. The first-order chi connectivity index (χ1) is 10.9. The fourth-order valence-corrected chi connectivity index (χ4v) is 2.62. The summed E-state index contributed by atoms with van der Waals surface area (Å²) >= 11 is 0. The van der Waals surface area contributed by atoms with Crippen LogP contribution in [0.25, 0.3) is 0 Å². The third-order valence-electron chi connectivity index (χ3n) is 4.18. The highest BCUT2D eigenvalue weighted by Gasteiger charge is 2.29. The average molecular weight is 311 g/mol. The van der Waals surface area contributed by atoms with Crippen LogP contribution in [-0.4, -0.2) is 19.6 Å². The molecule has 0 spiro atoms. The van der Waals surface area contributed by atoms with E-state index in [1.54, 1.807) is 7.11 Å². The summed E-state index contributed by atoms with van der Waals surface area (Å²) in [5.74, 6) is 0.905. The second-order valence-electron chi connectivity index (χ2n) is 6.31. The molecule has 0 fully saturated rings. The number of rotatable bonds is 6. The number of carbonyl (C=O) groups excluding carboxylic acids is 1. The van der Waals surface area contributed by atoms with Crippen molar-refractivity contribution in [1.82, 2.24) is 5.32 Å². The third kappa shape index (κ3) is 4.13. The van der Waals surface area contributed by atoms with Gasteiger partial charge in [-0.25, -0.2) is 0 Å². The van der Waals surface area contributed by atoms with Gasteiger partial charge in [0.15, 0.2) is 0 Å². The maximum Gasteiger partial charge on any atom is 0.230 e. The van der Waals surface area contributed by atoms with Crippen molar-refractivity contribution in [1.29, 1.82) is 0 Å². The largest absolute Gasteiger partial charge is 0.496 e. The Hall–Kier alpha value is -2.29. The van der Waals surface area contributed by atoms with E-state index < -0.39 is 5.41 Å². The lowest BCUT2D eigenvalue weighted by molar-refractivity contribution is -0.125. The van der Waals surface area contributed by atoms with E-state index in [0.29, 0.717) is 6.54 Å². The summed E-state index contributed by atoms with van der Waals surface area (Å²) in [5, 5.41) is 3.05. The molecule has 1 amide bonds. The number of hydrogen-bond acceptors (Lipinski definition) is 2. The Kier molecular flexibility index (Phi) is 5.43. The second-order valence-corrected chi connectivity index (χ2v) is 6.31. The number of hydrogen-bond donors (Lipinski definition) is 1. The molecular formula is C20H25NO2. The molecule has 0 aliphatic heterocycles. The summed E-state index contributed by atoms with van der Waals surface area (Å²) < 4.78 is 5.38. The SMILES string of the molecule is COc1ccc(C)cc1CCNC(=O)C(C)(C)c1ccccc1. The number of ether oxygens (including phenoxy) is 1. The first kappa shape index (κ1) is 17.1. The Labute approximate surface area is 138 Å². The van der Waals surface area contributed by atoms with Gasteiger partial charge < -0.3 is 10.1 Å². The number of carbonyl (C=O) groups is 1. The third-order valence-corrected chi connectivity index (χ3v) is 4.18. The van der Waals surface area contributed by atoms with E-state index in [1.807, 2.05) is 56.3 Å². The summed E-state index contributed by atoms with van der Waals surface area (Å²) in [6.07, 6.45) is 0.751. The zero-order chi connectivity index (χ0) is 16.9. The molecule has 0 aromatic heterocycles. The van der Waals surface area contributed by atoms with Gasteiger partial charge in [-0.1, -0.05) is 48.0 Å². The van der Waals surface area contributed by atoms with Crippen LogP contribution in [0.3, 0.4) is 0 Å². The lowest BCUT2D eigenvalue weighted by atomic mass is 9.84. The number of methoxy groups -OCH3 is 1. The molecule has 2 aromatic carbocycles. The van der Waals surface area contributed by atoms with Gasteiger partial charge >= 0.3 is 0 Å². The molecule has 23 heavy (non-hydrogen) atoms. The van der Waals surface area contributed by atoms with Crippen LogP contribution in [0.1, 0.15) is 30.5 Å². The highest BCUT2D eigenvalue weighted by Crippen LogP contribution is 2.23. The molecule has 3 nitrogen and oxygen atoms in total. The normalized spacial score (nSPS) is 11.1. The smallest absolute Gasteiger partial charge is 0.230 e. The molecule has 0 saturated carbocycles. The zero-order valence-corrected chi connectivity index (χ0v) is 14.3. The first-order valence-corrected chi connectivity index (χ1v) is 7.92. The van der Waals surface area contributed by atoms with Crippen LogP contribution in [0.2, 0.25) is 0 Å². The summed E-state index contributed by atoms with van der Waals surface area (Å²) in [5.41, 5.74) is 2.78. The van der Waals surface area contributed by atoms with Crippen LogP contribution in [0, 0.1) is 6.92 Å². The molecule has 0 unspecified atom stereocenters. The van der Waals surface area contributed by atoms with Gasteiger partial charge in [-0.2, -0.15) is 0 Å². The van der Waals surface area contributed by atoms with Crippen molar-refractivity contribution in [2.75, 3.05) is 13.7 Å². The maximum atomic E-state index is 12.5. The number of aryl methyl sites for hydroxylation is 1. The molecule has 2 aromatic rings. The van der Waals surface area contributed by atoms with Gasteiger partial charge in [-0.15, -0.1) is 0 Å². The Bertz CT molecular complexity index is 663. The molecule has 0 aliphatic carbocycles. The lowest BCUT2D eigenvalue weighted by Gasteiger charge is -2.24. The van der Waals surface area contributed by atoms with Gasteiger partial charge in [-0.3, -0.25) is 4.79 Å². The van der Waals surface area contributed by atoms with Crippen LogP contribution in [0.4, 0.5) is 0 Å². The summed E-state index contributed by atoms with van der Waals surface area (Å²) in [6.45, 7) is 6.55. The van der Waals surface area contributed by atoms with Crippen molar-refractivity contribution in [3.05, 3.63) is 65.2 Å². The number of benzene rings is 2. The fourth-order valence-electron chi connectivity index (χ4n) is 2.62. The van der Waals surface area contributed by atoms with Crippen LogP contribution < -0.4 is 10.1 Å². The highest BCUT2D eigenvalue weighted by molar-refractivity contribution is 5.87. The average Bonchev–Trinajstić information content (AvgIpc) is 2.55. The van der Waals surface area contributed by atoms with Crippen molar-refractivity contribution in [2.24, 2.45) is 0 Å². The summed E-state index contributed by atoms with van der Waals surface area (Å²) in [4.78, 5) is 12.5. The second kappa shape index (κ2) is 7.32. The van der Waals surface area contributed by atoms with Gasteiger partial charge in [0.2, 0.25) is 5.91 Å². The van der Waals surface area contributed by atoms with E-state index in [-0.39, 0.29) is 5.91 Å². The molecule has 0 aliphatic rings. The maximum absolute atomic E-state index is 12.5. The molecule has 3 heteroatoms. The van der Waals surface area contributed by atoms with Gasteiger partial charge in [-0.05, 0) is 44.4 Å². The molecule has 2 rings (SSSR count). The van der Waals surface area contributed by atoms with Crippen molar-refractivity contribution >= 4 is 5.91 Å². The number of amides is 1. The van der Waals surface area contributed by atoms with Crippen LogP contribution in [-0.2, 0) is 16.6 Å². The quantitative estimate of drug-likeness (QED) is 0.884. The van der Waals surface area contributed by atoms with Crippen LogP contribution in [0.5, 0.6) is 5.75 Å². The monoisotopic (exact) mass is 311 g/mol. The van der Waals surface area contributed by atoms with E-state index in [4.69, 9.17) is 4.74 Å². The lowest BCUT2D eigenvalue weighted by Crippen LogP contribution is -2.40. The number of nitrogens with one attached hydrogen (secondary N) is 1. The standard InChI is InChI=1S/C20H25NO2/c1-15-10-11-18(23-4)16(14-15)12-13-21-19(22)20(2,3)17-8-6-5-7-9-17/h5-11,14H,12-13H2,1-4H3,(H,21,22). The van der Waals surface area contributed by atoms with E-state index in [9.17, 15) is 4.79 Å². The van der Waals surface area contributed by atoms with Crippen LogP contribution in [0.15, 0.2) is 48.5 Å². The molecule has 0 radical (unpaired) electrons. The zero-order valence-electron chi connectivity index (χ0n) is 14.3. The summed E-state index contributed by atoms with van der Waals surface area (Å²) in [6, 6.07) is 16.0. The Morgan fingerprint density at radius 2 is 1.83 bits per heavy atom. The minimum Gasteiger partial charge on any atom is -0.496 e. The molecule has 0 heterocycles. The van der Waals surface area contributed by atoms with Crippen molar-refractivity contribution in [3.63, 3.8) is 0 Å². The van der Waals surface area contributed by atoms with Gasteiger partial charge in [0, 0.05) is 6.54 Å². The van der Waals surface area contributed by atoms with Crippen molar-refractivity contribution < 1.29 is 9.53 Å². The van der Waals surface area contributed by atoms with Gasteiger partial charge in [0.1, 0.15) is 5.75 Å². The molecule has 0 atom stereocenters. The minimum absolute atomic E-state index is 0.0373. The molecular weight excluding hydrogens is 286 g/mol. The highest BCUT2D eigenvalue weighted by atomic mass is 16.5. The first-order valence-electron chi connectivity index (χ1n) is 7.92. The van der Waals surface area contributed by atoms with E-state index in [1.165, 1.54) is 5.56 Å². The van der Waals surface area contributed by atoms with Crippen molar-refractivity contribution in [2.45, 2.75) is 32.6 Å². The predicted octanol–water partition coefficient (Wildman–Crippen LogP) is 3.64.